The number of hydrogen-bond donors (Lipinski definition) is 2. The van der Waals surface area contributed by atoms with Gasteiger partial charge in [0.2, 0.25) is 0 Å². The van der Waals surface area contributed by atoms with Gasteiger partial charge in [-0.2, -0.15) is 0 Å². The first-order valence-corrected chi connectivity index (χ1v) is 23.7. The molecule has 6 nitrogen and oxygen atoms in total. The van der Waals surface area contributed by atoms with E-state index in [1.54, 1.807) is 0 Å². The van der Waals surface area contributed by atoms with Gasteiger partial charge in [-0.25, -0.2) is 0 Å². The summed E-state index contributed by atoms with van der Waals surface area (Å²) in [5, 5.41) is 41.9. The average molecular weight is 887 g/mol. The van der Waals surface area contributed by atoms with Crippen LogP contribution in [0.3, 0.4) is 0 Å². The van der Waals surface area contributed by atoms with Crippen LogP contribution in [-0.4, -0.2) is 23.6 Å². The van der Waals surface area contributed by atoms with Crippen LogP contribution < -0.4 is 10.6 Å². The largest absolute Gasteiger partial charge is 0.288 e. The summed E-state index contributed by atoms with van der Waals surface area (Å²) in [6.07, 6.45) is 0. The smallest absolute Gasteiger partial charge is 0.258 e. The molecule has 6 heteroatoms. The molecule has 316 valence electrons. The molecule has 2 heterocycles. The minimum absolute atomic E-state index is 0.350. The van der Waals surface area contributed by atoms with Gasteiger partial charge in [-0.15, -0.1) is 0 Å². The van der Waals surface area contributed by atoms with E-state index in [-0.39, 0.29) is 23.6 Å². The maximum absolute atomic E-state index is 13.1. The van der Waals surface area contributed by atoms with Crippen molar-refractivity contribution >= 4 is 196 Å². The van der Waals surface area contributed by atoms with E-state index in [0.29, 0.717) is 22.3 Å². The third-order valence-electron chi connectivity index (χ3n) is 17.3. The van der Waals surface area contributed by atoms with E-state index < -0.39 is 0 Å². The summed E-state index contributed by atoms with van der Waals surface area (Å²) in [7, 11) is 0. The van der Waals surface area contributed by atoms with Crippen molar-refractivity contribution in [2.75, 3.05) is 0 Å². The van der Waals surface area contributed by atoms with Gasteiger partial charge in [0, 0.05) is 33.0 Å². The molecule has 0 saturated heterocycles. The Morgan fingerprint density at radius 3 is 0.414 bits per heavy atom. The molecule has 0 unspecified atom stereocenters. The number of carbonyl (C=O) groups excluding carboxylic acids is 4. The van der Waals surface area contributed by atoms with E-state index in [0.717, 1.165) is 64.6 Å². The van der Waals surface area contributed by atoms with Gasteiger partial charge in [-0.3, -0.25) is 29.8 Å². The Hall–Kier alpha value is -9.52. The molecule has 0 fully saturated rings. The second-order valence-electron chi connectivity index (χ2n) is 20.0. The zero-order valence-corrected chi connectivity index (χ0v) is 36.5. The van der Waals surface area contributed by atoms with Gasteiger partial charge in [-0.05, 0) is 186 Å². The van der Waals surface area contributed by atoms with E-state index >= 15 is 0 Å². The summed E-state index contributed by atoms with van der Waals surface area (Å²) in [5.74, 6) is -1.40. The number of amides is 4. The van der Waals surface area contributed by atoms with Crippen molar-refractivity contribution in [3.05, 3.63) is 168 Å². The highest BCUT2D eigenvalue weighted by Crippen LogP contribution is 2.54. The lowest BCUT2D eigenvalue weighted by Gasteiger charge is -2.24. The average Bonchev–Trinajstić information content (AvgIpc) is 3.39. The molecule has 0 atom stereocenters. The predicted octanol–water partition coefficient (Wildman–Crippen LogP) is 15.1. The van der Waals surface area contributed by atoms with Gasteiger partial charge in [0.05, 0.1) is 0 Å². The predicted molar refractivity (Wildman–Crippen MR) is 286 cm³/mol. The van der Waals surface area contributed by atoms with E-state index in [2.05, 4.69) is 132 Å². The Kier molecular flexibility index (Phi) is 5.42. The Morgan fingerprint density at radius 2 is 0.271 bits per heavy atom. The van der Waals surface area contributed by atoms with Crippen molar-refractivity contribution < 1.29 is 19.2 Å². The van der Waals surface area contributed by atoms with Crippen LogP contribution in [0.15, 0.2) is 146 Å². The zero-order valence-electron chi connectivity index (χ0n) is 36.5. The number of benzene rings is 17. The molecule has 0 radical (unpaired) electrons. The third kappa shape index (κ3) is 3.51. The summed E-state index contributed by atoms with van der Waals surface area (Å²) in [4.78, 5) is 52.3. The number of rotatable bonds is 0. The maximum atomic E-state index is 13.1. The van der Waals surface area contributed by atoms with Gasteiger partial charge < -0.3 is 0 Å². The highest BCUT2D eigenvalue weighted by molar-refractivity contribution is 6.50. The molecule has 17 aromatic rings. The monoisotopic (exact) mass is 886 g/mol. The normalized spacial score (nSPS) is 14.6. The van der Waals surface area contributed by atoms with Crippen molar-refractivity contribution in [3.8, 4) is 0 Å². The van der Waals surface area contributed by atoms with Crippen molar-refractivity contribution in [1.82, 2.24) is 10.6 Å². The molecule has 0 aliphatic carbocycles. The van der Waals surface area contributed by atoms with Crippen LogP contribution in [0.1, 0.15) is 41.4 Å². The van der Waals surface area contributed by atoms with E-state index in [9.17, 15) is 19.2 Å². The molecular weight excluding hydrogens is 861 g/mol. The van der Waals surface area contributed by atoms with Crippen LogP contribution >= 0.6 is 0 Å². The molecule has 4 amide bonds. The molecule has 17 aromatic carbocycles. The second-order valence-corrected chi connectivity index (χ2v) is 20.0. The molecule has 0 bridgehead atoms. The fourth-order valence-corrected chi connectivity index (χ4v) is 14.7. The maximum Gasteiger partial charge on any atom is 0.258 e. The summed E-state index contributed by atoms with van der Waals surface area (Å²) in [6.45, 7) is 0. The zero-order chi connectivity index (χ0) is 45.5. The second kappa shape index (κ2) is 10.9. The first-order chi connectivity index (χ1) is 34.4. The van der Waals surface area contributed by atoms with Gasteiger partial charge in [0.25, 0.3) is 23.6 Å². The molecule has 0 saturated carbocycles. The lowest BCUT2D eigenvalue weighted by Crippen LogP contribution is -2.34. The standard InChI is InChI=1S/C64H26N2O4/c67-61-45-21-17-41-37-13-9-33-29-5-1-25-26-2-6-31-35-11-15-39-43-19-23-47-60-48(64(70)66-63(47)69)24-20-44(58(43)60)40-16-12-36(54(35)56(39)40)32-8-4-28(50(26)52(31)32)27-3-7-30(51(29)49(25)27)34-10-14-38(55(37)53(33)34)42-18-22-46(62(68)65-61)59(45)57(41)42/h1-24H,(H,65,67,68)(H,66,69,70). The van der Waals surface area contributed by atoms with Crippen molar-refractivity contribution in [2.24, 2.45) is 0 Å². The fourth-order valence-electron chi connectivity index (χ4n) is 14.7. The molecule has 0 aromatic heterocycles. The number of carbonyl (C=O) groups is 4. The SMILES string of the molecule is O=C1NC(=O)c2ccc3c4ccc5c6ccc7c8ccc9c%10ccc%11c%12ccc%13c%14c(ccc(c%15ccc(c%16ccc(c%17ccc(c%18ccc(c%19ccc1c2c%193)c4c%185)c6c%177)c8c%169)c%10c%15%11)c%14%12)C(=O)NC%13=O. The van der Waals surface area contributed by atoms with Crippen LogP contribution in [0.2, 0.25) is 0 Å². The molecule has 2 aliphatic heterocycles. The first-order valence-electron chi connectivity index (χ1n) is 23.7. The number of nitrogens with one attached hydrogen (secondary N) is 2. The minimum atomic E-state index is -0.350. The number of fused-ring (bicyclic) bond motifs is 10. The quantitative estimate of drug-likeness (QED) is 0.0901. The summed E-state index contributed by atoms with van der Waals surface area (Å²) in [5.41, 5.74) is 2.16. The number of hydrogen-bond acceptors (Lipinski definition) is 4. The minimum Gasteiger partial charge on any atom is -0.288 e. The van der Waals surface area contributed by atoms with Crippen LogP contribution in [0, 0.1) is 0 Å². The van der Waals surface area contributed by atoms with E-state index in [1.807, 2.05) is 24.3 Å². The molecule has 0 spiro atoms. The van der Waals surface area contributed by atoms with Gasteiger partial charge in [0.1, 0.15) is 0 Å². The van der Waals surface area contributed by atoms with Crippen molar-refractivity contribution in [1.29, 1.82) is 0 Å². The topological polar surface area (TPSA) is 92.3 Å². The fraction of sp³-hybridized carbons (Fsp3) is 0. The molecule has 2 N–H and O–H groups in total. The van der Waals surface area contributed by atoms with E-state index in [1.165, 1.54) is 108 Å². The summed E-state index contributed by atoms with van der Waals surface area (Å²) in [6, 6.07) is 52.7. The Balaban J connectivity index is 0.908. The van der Waals surface area contributed by atoms with Gasteiger partial charge >= 0.3 is 0 Å². The van der Waals surface area contributed by atoms with E-state index in [4.69, 9.17) is 0 Å². The lowest BCUT2D eigenvalue weighted by molar-refractivity contribution is 0.0828. The summed E-state index contributed by atoms with van der Waals surface area (Å²) < 4.78 is 0. The Morgan fingerprint density at radius 1 is 0.157 bits per heavy atom. The lowest BCUT2D eigenvalue weighted by atomic mass is 9.79. The molecule has 19 rings (SSSR count). The third-order valence-corrected chi connectivity index (χ3v) is 17.3. The van der Waals surface area contributed by atoms with Crippen LogP contribution in [0.4, 0.5) is 0 Å². The van der Waals surface area contributed by atoms with Crippen LogP contribution in [-0.2, 0) is 0 Å². The Bertz CT molecular complexity index is 4890. The van der Waals surface area contributed by atoms with Gasteiger partial charge in [0.15, 0.2) is 0 Å². The van der Waals surface area contributed by atoms with Crippen LogP contribution in [0.25, 0.3) is 172 Å². The van der Waals surface area contributed by atoms with Crippen molar-refractivity contribution in [2.45, 2.75) is 0 Å². The van der Waals surface area contributed by atoms with Crippen LogP contribution in [0.5, 0.6) is 0 Å². The Labute approximate surface area is 391 Å². The van der Waals surface area contributed by atoms with Gasteiger partial charge in [-0.1, -0.05) is 121 Å². The summed E-state index contributed by atoms with van der Waals surface area (Å²) >= 11 is 0. The highest BCUT2D eigenvalue weighted by Gasteiger charge is 2.31. The van der Waals surface area contributed by atoms with Crippen molar-refractivity contribution in [3.63, 3.8) is 0 Å². The number of imide groups is 2. The first kappa shape index (κ1) is 34.7. The molecule has 2 aliphatic rings. The molecular formula is C64H26N2O4. The molecule has 70 heavy (non-hydrogen) atoms. The highest BCUT2D eigenvalue weighted by atomic mass is 16.2.